The Bertz CT molecular complexity index is 981. The summed E-state index contributed by atoms with van der Waals surface area (Å²) in [6.07, 6.45) is 10.4. The molecule has 3 N–H and O–H groups in total. The van der Waals surface area contributed by atoms with E-state index in [-0.39, 0.29) is 24.4 Å². The van der Waals surface area contributed by atoms with E-state index in [1.807, 2.05) is 11.0 Å². The number of aryl methyl sites for hydroxylation is 1. The van der Waals surface area contributed by atoms with Gasteiger partial charge in [-0.05, 0) is 31.4 Å². The highest BCUT2D eigenvalue weighted by Crippen LogP contribution is 2.33. The van der Waals surface area contributed by atoms with E-state index in [0.29, 0.717) is 11.7 Å². The molecule has 30 heavy (non-hydrogen) atoms. The van der Waals surface area contributed by atoms with Crippen LogP contribution in [-0.4, -0.2) is 32.1 Å². The van der Waals surface area contributed by atoms with Crippen molar-refractivity contribution in [3.8, 4) is 11.4 Å². The summed E-state index contributed by atoms with van der Waals surface area (Å²) in [5.74, 6) is 1.20. The second kappa shape index (κ2) is 9.98. The van der Waals surface area contributed by atoms with Gasteiger partial charge in [0.05, 0.1) is 0 Å². The van der Waals surface area contributed by atoms with Crippen molar-refractivity contribution < 1.29 is 4.52 Å². The number of halogens is 1. The van der Waals surface area contributed by atoms with Gasteiger partial charge in [-0.15, -0.1) is 12.4 Å². The molecule has 0 aliphatic carbocycles. The van der Waals surface area contributed by atoms with Gasteiger partial charge in [0.2, 0.25) is 11.7 Å². The number of unbranched alkanes of at least 4 members (excludes halogenated alkanes) is 4. The van der Waals surface area contributed by atoms with E-state index in [2.05, 4.69) is 46.0 Å². The van der Waals surface area contributed by atoms with Crippen LogP contribution in [-0.2, 0) is 6.54 Å². The molecule has 0 amide bonds. The third kappa shape index (κ3) is 4.46. The molecule has 0 radical (unpaired) electrons. The first kappa shape index (κ1) is 22.2. The molecule has 7 nitrogen and oxygen atoms in total. The first-order valence-electron chi connectivity index (χ1n) is 10.7. The van der Waals surface area contributed by atoms with E-state index in [4.69, 9.17) is 15.7 Å². The maximum absolute atomic E-state index is 7.76. The smallest absolute Gasteiger partial charge is 0.249 e. The van der Waals surface area contributed by atoms with Crippen LogP contribution in [0.3, 0.4) is 0 Å². The zero-order valence-electron chi connectivity index (χ0n) is 17.5. The Morgan fingerprint density at radius 1 is 1.23 bits per heavy atom. The van der Waals surface area contributed by atoms with Crippen molar-refractivity contribution in [2.75, 3.05) is 6.54 Å². The number of fused-ring (bicyclic) bond motifs is 1. The molecule has 1 aromatic carbocycles. The minimum absolute atomic E-state index is 0. The molecule has 3 aromatic rings. The Morgan fingerprint density at radius 2 is 2.07 bits per heavy atom. The Balaban J connectivity index is 0.00000256. The number of likely N-dealkylation sites (tertiary alicyclic amines) is 1. The van der Waals surface area contributed by atoms with Gasteiger partial charge in [-0.2, -0.15) is 4.98 Å². The van der Waals surface area contributed by atoms with Crippen LogP contribution in [0, 0.1) is 5.41 Å². The number of rotatable bonds is 8. The fourth-order valence-corrected chi connectivity index (χ4v) is 4.29. The lowest BCUT2D eigenvalue weighted by atomic mass is 10.1. The normalized spacial score (nSPS) is 16.2. The summed E-state index contributed by atoms with van der Waals surface area (Å²) in [5.41, 5.74) is 7.89. The highest BCUT2D eigenvalue weighted by atomic mass is 35.5. The molecule has 0 spiro atoms. The van der Waals surface area contributed by atoms with Crippen molar-refractivity contribution in [1.82, 2.24) is 19.6 Å². The van der Waals surface area contributed by atoms with Crippen molar-refractivity contribution >= 4 is 29.3 Å². The number of nitrogens with two attached hydrogens (primary N) is 1. The molecule has 1 atom stereocenters. The largest absolute Gasteiger partial charge is 0.370 e. The predicted octanol–water partition coefficient (Wildman–Crippen LogP) is 5.11. The van der Waals surface area contributed by atoms with Gasteiger partial charge in [-0.25, -0.2) is 0 Å². The average molecular weight is 431 g/mol. The molecule has 1 aliphatic heterocycles. The van der Waals surface area contributed by atoms with Crippen molar-refractivity contribution in [2.24, 2.45) is 5.73 Å². The van der Waals surface area contributed by atoms with Gasteiger partial charge in [-0.3, -0.25) is 5.41 Å². The maximum atomic E-state index is 7.76. The van der Waals surface area contributed by atoms with Gasteiger partial charge in [0.25, 0.3) is 0 Å². The summed E-state index contributed by atoms with van der Waals surface area (Å²) in [7, 11) is 0. The molecule has 2 aromatic heterocycles. The Morgan fingerprint density at radius 3 is 2.87 bits per heavy atom. The number of benzene rings is 1. The highest BCUT2D eigenvalue weighted by molar-refractivity contribution is 5.93. The Kier molecular flexibility index (Phi) is 7.37. The highest BCUT2D eigenvalue weighted by Gasteiger charge is 2.31. The Labute approximate surface area is 183 Å². The number of nitrogens with one attached hydrogen (secondary N) is 1. The molecule has 1 aliphatic rings. The van der Waals surface area contributed by atoms with Crippen LogP contribution in [0.25, 0.3) is 22.3 Å². The van der Waals surface area contributed by atoms with E-state index in [1.165, 1.54) is 37.6 Å². The van der Waals surface area contributed by atoms with E-state index in [9.17, 15) is 0 Å². The third-order valence-corrected chi connectivity index (χ3v) is 5.85. The third-order valence-electron chi connectivity index (χ3n) is 5.85. The van der Waals surface area contributed by atoms with Crippen LogP contribution in [0.2, 0.25) is 0 Å². The second-order valence-electron chi connectivity index (χ2n) is 7.85. The first-order valence-corrected chi connectivity index (χ1v) is 10.7. The summed E-state index contributed by atoms with van der Waals surface area (Å²) in [6.45, 7) is 4.03. The maximum Gasteiger partial charge on any atom is 0.249 e. The molecule has 4 rings (SSSR count). The average Bonchev–Trinajstić information content (AvgIpc) is 3.46. The van der Waals surface area contributed by atoms with Gasteiger partial charge >= 0.3 is 0 Å². The van der Waals surface area contributed by atoms with Crippen LogP contribution in [0.5, 0.6) is 0 Å². The summed E-state index contributed by atoms with van der Waals surface area (Å²) >= 11 is 0. The molecule has 0 saturated carbocycles. The van der Waals surface area contributed by atoms with Crippen molar-refractivity contribution in [2.45, 2.75) is 64.5 Å². The van der Waals surface area contributed by atoms with Crippen LogP contribution in [0.1, 0.15) is 63.8 Å². The molecule has 1 unspecified atom stereocenters. The SMILES string of the molecule is CCCCCCCn1ccc2c(-c3noc(C4CCCN4C(=N)N)n3)cccc21.Cl. The number of nitrogens with zero attached hydrogens (tertiary/aromatic N) is 4. The van der Waals surface area contributed by atoms with E-state index in [1.54, 1.807) is 0 Å². The molecule has 1 fully saturated rings. The number of hydrogen-bond acceptors (Lipinski definition) is 4. The molecule has 1 saturated heterocycles. The van der Waals surface area contributed by atoms with Crippen LogP contribution < -0.4 is 5.73 Å². The van der Waals surface area contributed by atoms with Crippen LogP contribution >= 0.6 is 12.4 Å². The molecular formula is C22H31ClN6O. The standard InChI is InChI=1S/C22H30N6O.ClH/c1-2-3-4-5-6-13-27-15-12-16-17(9-7-10-18(16)27)20-25-21(29-26-20)19-11-8-14-28(19)22(23)24;/h7,9-10,12,15,19H,2-6,8,11,13-14H2,1H3,(H3,23,24);1H. The lowest BCUT2D eigenvalue weighted by Crippen LogP contribution is -2.35. The number of guanidine groups is 1. The van der Waals surface area contributed by atoms with E-state index >= 15 is 0 Å². The van der Waals surface area contributed by atoms with Crippen LogP contribution in [0.4, 0.5) is 0 Å². The van der Waals surface area contributed by atoms with E-state index < -0.39 is 0 Å². The van der Waals surface area contributed by atoms with Crippen molar-refractivity contribution in [3.05, 3.63) is 36.4 Å². The summed E-state index contributed by atoms with van der Waals surface area (Å²) in [5, 5.41) is 13.1. The summed E-state index contributed by atoms with van der Waals surface area (Å²) in [6, 6.07) is 8.30. The number of aromatic nitrogens is 3. The monoisotopic (exact) mass is 430 g/mol. The molecule has 3 heterocycles. The Hall–Kier alpha value is -2.54. The minimum Gasteiger partial charge on any atom is -0.370 e. The summed E-state index contributed by atoms with van der Waals surface area (Å²) < 4.78 is 7.90. The molecular weight excluding hydrogens is 400 g/mol. The van der Waals surface area contributed by atoms with E-state index in [0.717, 1.165) is 36.9 Å². The lowest BCUT2D eigenvalue weighted by Gasteiger charge is -2.21. The fraction of sp³-hybridized carbons (Fsp3) is 0.500. The van der Waals surface area contributed by atoms with Crippen molar-refractivity contribution in [3.63, 3.8) is 0 Å². The quantitative estimate of drug-likeness (QED) is 0.294. The second-order valence-corrected chi connectivity index (χ2v) is 7.85. The molecule has 8 heteroatoms. The first-order chi connectivity index (χ1) is 14.2. The van der Waals surface area contributed by atoms with Crippen molar-refractivity contribution in [1.29, 1.82) is 5.41 Å². The fourth-order valence-electron chi connectivity index (χ4n) is 4.29. The van der Waals surface area contributed by atoms with Gasteiger partial charge < -0.3 is 19.7 Å². The topological polar surface area (TPSA) is 97.0 Å². The van der Waals surface area contributed by atoms with Crippen LogP contribution in [0.15, 0.2) is 35.0 Å². The minimum atomic E-state index is -0.0966. The van der Waals surface area contributed by atoms with Gasteiger partial charge in [-0.1, -0.05) is 49.9 Å². The number of hydrogen-bond donors (Lipinski definition) is 2. The zero-order chi connectivity index (χ0) is 20.2. The predicted molar refractivity (Wildman–Crippen MR) is 122 cm³/mol. The van der Waals surface area contributed by atoms with Gasteiger partial charge in [0.15, 0.2) is 5.96 Å². The zero-order valence-corrected chi connectivity index (χ0v) is 18.3. The summed E-state index contributed by atoms with van der Waals surface area (Å²) in [4.78, 5) is 6.50. The van der Waals surface area contributed by atoms with Gasteiger partial charge in [0.1, 0.15) is 6.04 Å². The van der Waals surface area contributed by atoms with Gasteiger partial charge in [0, 0.05) is 35.8 Å². The molecule has 162 valence electrons. The lowest BCUT2D eigenvalue weighted by molar-refractivity contribution is 0.283. The molecule has 0 bridgehead atoms.